The SMILES string of the molecule is C=C(N=C(CC)C(F)(F)F)c1ccc(C)cc1. The number of halogens is 3. The van der Waals surface area contributed by atoms with Crippen LogP contribution in [0, 0.1) is 6.92 Å². The van der Waals surface area contributed by atoms with Gasteiger partial charge in [0.25, 0.3) is 0 Å². The number of hydrogen-bond acceptors (Lipinski definition) is 1. The molecule has 0 fully saturated rings. The van der Waals surface area contributed by atoms with Crippen LogP contribution in [0.25, 0.3) is 5.70 Å². The van der Waals surface area contributed by atoms with Crippen LogP contribution in [0.15, 0.2) is 35.8 Å². The number of nitrogens with zero attached hydrogens (tertiary/aromatic N) is 1. The minimum Gasteiger partial charge on any atom is -0.248 e. The van der Waals surface area contributed by atoms with Gasteiger partial charge in [-0.3, -0.25) is 0 Å². The Morgan fingerprint density at radius 1 is 1.24 bits per heavy atom. The van der Waals surface area contributed by atoms with Gasteiger partial charge in [0.1, 0.15) is 5.71 Å². The van der Waals surface area contributed by atoms with Gasteiger partial charge in [-0.05, 0) is 18.9 Å². The van der Waals surface area contributed by atoms with E-state index in [0.29, 0.717) is 5.56 Å². The van der Waals surface area contributed by atoms with Gasteiger partial charge in [-0.25, -0.2) is 4.99 Å². The highest BCUT2D eigenvalue weighted by Crippen LogP contribution is 2.23. The summed E-state index contributed by atoms with van der Waals surface area (Å²) in [6.45, 7) is 6.90. The number of alkyl halides is 3. The topological polar surface area (TPSA) is 12.4 Å². The van der Waals surface area contributed by atoms with Gasteiger partial charge in [-0.1, -0.05) is 43.3 Å². The predicted molar refractivity (Wildman–Crippen MR) is 64.0 cm³/mol. The number of rotatable bonds is 3. The first-order valence-electron chi connectivity index (χ1n) is 5.25. The van der Waals surface area contributed by atoms with Crippen molar-refractivity contribution in [2.45, 2.75) is 26.4 Å². The first kappa shape index (κ1) is 13.5. The average molecular weight is 241 g/mol. The molecule has 0 aliphatic carbocycles. The van der Waals surface area contributed by atoms with Gasteiger partial charge < -0.3 is 0 Å². The Kier molecular flexibility index (Phi) is 4.10. The predicted octanol–water partition coefficient (Wildman–Crippen LogP) is 4.38. The standard InChI is InChI=1S/C13H14F3N/c1-4-12(13(14,15)16)17-10(3)11-7-5-9(2)6-8-11/h5-8H,3-4H2,1-2H3. The summed E-state index contributed by atoms with van der Waals surface area (Å²) in [5.74, 6) is 0. The normalized spacial score (nSPS) is 12.6. The minimum absolute atomic E-state index is 0.138. The van der Waals surface area contributed by atoms with Crippen molar-refractivity contribution >= 4 is 11.4 Å². The van der Waals surface area contributed by atoms with Crippen molar-refractivity contribution in [2.75, 3.05) is 0 Å². The van der Waals surface area contributed by atoms with E-state index in [1.165, 1.54) is 6.92 Å². The Morgan fingerprint density at radius 2 is 1.76 bits per heavy atom. The monoisotopic (exact) mass is 241 g/mol. The van der Waals surface area contributed by atoms with E-state index in [4.69, 9.17) is 0 Å². The summed E-state index contributed by atoms with van der Waals surface area (Å²) < 4.78 is 37.5. The molecule has 1 nitrogen and oxygen atoms in total. The lowest BCUT2D eigenvalue weighted by molar-refractivity contribution is -0.0601. The highest BCUT2D eigenvalue weighted by Gasteiger charge is 2.34. The largest absolute Gasteiger partial charge is 0.429 e. The molecule has 0 aromatic heterocycles. The maximum atomic E-state index is 12.5. The van der Waals surface area contributed by atoms with Crippen LogP contribution in [-0.4, -0.2) is 11.9 Å². The fraction of sp³-hybridized carbons (Fsp3) is 0.308. The maximum absolute atomic E-state index is 12.5. The van der Waals surface area contributed by atoms with Gasteiger partial charge in [0.05, 0.1) is 5.70 Å². The van der Waals surface area contributed by atoms with Gasteiger partial charge in [0, 0.05) is 0 Å². The molecule has 0 N–H and O–H groups in total. The second kappa shape index (κ2) is 5.17. The lowest BCUT2D eigenvalue weighted by Gasteiger charge is -2.09. The molecule has 0 radical (unpaired) electrons. The van der Waals surface area contributed by atoms with Crippen molar-refractivity contribution in [3.63, 3.8) is 0 Å². The Balaban J connectivity index is 2.98. The molecule has 1 rings (SSSR count). The summed E-state index contributed by atoms with van der Waals surface area (Å²) in [6.07, 6.45) is -4.54. The second-order valence-electron chi connectivity index (χ2n) is 3.72. The van der Waals surface area contributed by atoms with Crippen molar-refractivity contribution in [2.24, 2.45) is 4.99 Å². The van der Waals surface area contributed by atoms with Gasteiger partial charge in [0.15, 0.2) is 0 Å². The van der Waals surface area contributed by atoms with Crippen molar-refractivity contribution in [1.29, 1.82) is 0 Å². The zero-order chi connectivity index (χ0) is 13.1. The third-order valence-corrected chi connectivity index (χ3v) is 2.32. The van der Waals surface area contributed by atoms with Gasteiger partial charge >= 0.3 is 6.18 Å². The molecule has 1 aromatic rings. The van der Waals surface area contributed by atoms with Gasteiger partial charge in [-0.15, -0.1) is 0 Å². The number of benzene rings is 1. The molecule has 17 heavy (non-hydrogen) atoms. The quantitative estimate of drug-likeness (QED) is 0.696. The molecule has 4 heteroatoms. The fourth-order valence-corrected chi connectivity index (χ4v) is 1.32. The molecule has 92 valence electrons. The van der Waals surface area contributed by atoms with Crippen molar-refractivity contribution < 1.29 is 13.2 Å². The van der Waals surface area contributed by atoms with Crippen molar-refractivity contribution in [3.05, 3.63) is 42.0 Å². The van der Waals surface area contributed by atoms with Gasteiger partial charge in [-0.2, -0.15) is 13.2 Å². The molecule has 1 aromatic carbocycles. The highest BCUT2D eigenvalue weighted by atomic mass is 19.4. The van der Waals surface area contributed by atoms with E-state index in [-0.39, 0.29) is 12.1 Å². The Hall–Kier alpha value is -1.58. The summed E-state index contributed by atoms with van der Waals surface area (Å²) in [7, 11) is 0. The van der Waals surface area contributed by atoms with Crippen molar-refractivity contribution in [3.8, 4) is 0 Å². The van der Waals surface area contributed by atoms with E-state index >= 15 is 0 Å². The van der Waals surface area contributed by atoms with Crippen molar-refractivity contribution in [1.82, 2.24) is 0 Å². The van der Waals surface area contributed by atoms with Crippen LogP contribution in [0.2, 0.25) is 0 Å². The summed E-state index contributed by atoms with van der Waals surface area (Å²) in [5, 5.41) is 0. The molecule has 0 heterocycles. The van der Waals surface area contributed by atoms with E-state index < -0.39 is 11.9 Å². The van der Waals surface area contributed by atoms with Crippen LogP contribution < -0.4 is 0 Å². The van der Waals surface area contributed by atoms with Crippen LogP contribution >= 0.6 is 0 Å². The fourth-order valence-electron chi connectivity index (χ4n) is 1.32. The molecule has 0 spiro atoms. The first-order chi connectivity index (χ1) is 7.84. The summed E-state index contributed by atoms with van der Waals surface area (Å²) >= 11 is 0. The number of hydrogen-bond donors (Lipinski definition) is 0. The third kappa shape index (κ3) is 3.73. The molecule has 0 saturated heterocycles. The molecule has 0 amide bonds. The summed E-state index contributed by atoms with van der Waals surface area (Å²) in [5.41, 5.74) is 0.977. The molecule has 0 aliphatic rings. The minimum atomic E-state index is -4.39. The second-order valence-corrected chi connectivity index (χ2v) is 3.72. The van der Waals surface area contributed by atoms with E-state index in [1.807, 2.05) is 19.1 Å². The van der Waals surface area contributed by atoms with Crippen LogP contribution in [0.3, 0.4) is 0 Å². The van der Waals surface area contributed by atoms with Crippen LogP contribution in [-0.2, 0) is 0 Å². The highest BCUT2D eigenvalue weighted by molar-refractivity contribution is 5.93. The summed E-state index contributed by atoms with van der Waals surface area (Å²) in [4.78, 5) is 3.56. The molecule has 0 saturated carbocycles. The van der Waals surface area contributed by atoms with Crippen LogP contribution in [0.5, 0.6) is 0 Å². The average Bonchev–Trinajstić information content (AvgIpc) is 2.24. The van der Waals surface area contributed by atoms with Crippen LogP contribution in [0.1, 0.15) is 24.5 Å². The lowest BCUT2D eigenvalue weighted by atomic mass is 10.1. The molecule has 0 unspecified atom stereocenters. The number of aliphatic imine (C=N–C) groups is 1. The molecule has 0 aliphatic heterocycles. The smallest absolute Gasteiger partial charge is 0.248 e. The molecule has 0 bridgehead atoms. The number of aryl methyl sites for hydroxylation is 1. The van der Waals surface area contributed by atoms with Gasteiger partial charge in [0.2, 0.25) is 0 Å². The first-order valence-corrected chi connectivity index (χ1v) is 5.25. The Labute approximate surface area is 98.7 Å². The Bertz CT molecular complexity index is 427. The maximum Gasteiger partial charge on any atom is 0.429 e. The van der Waals surface area contributed by atoms with E-state index in [2.05, 4.69) is 11.6 Å². The van der Waals surface area contributed by atoms with E-state index in [9.17, 15) is 13.2 Å². The molecule has 0 atom stereocenters. The van der Waals surface area contributed by atoms with E-state index in [0.717, 1.165) is 5.56 Å². The summed E-state index contributed by atoms with van der Waals surface area (Å²) in [6, 6.07) is 7.06. The molecular formula is C13H14F3N. The zero-order valence-electron chi connectivity index (χ0n) is 9.80. The van der Waals surface area contributed by atoms with Crippen LogP contribution in [0.4, 0.5) is 13.2 Å². The third-order valence-electron chi connectivity index (χ3n) is 2.32. The zero-order valence-corrected chi connectivity index (χ0v) is 9.80. The molecular weight excluding hydrogens is 227 g/mol. The Morgan fingerprint density at radius 3 is 2.18 bits per heavy atom. The lowest BCUT2D eigenvalue weighted by Crippen LogP contribution is -2.22. The van der Waals surface area contributed by atoms with E-state index in [1.54, 1.807) is 12.1 Å².